The van der Waals surface area contributed by atoms with Crippen molar-refractivity contribution < 1.29 is 18.0 Å². The van der Waals surface area contributed by atoms with E-state index in [9.17, 15) is 18.0 Å². The third-order valence-electron chi connectivity index (χ3n) is 3.89. The second-order valence-electron chi connectivity index (χ2n) is 5.76. The molecule has 2 aromatic rings. The van der Waals surface area contributed by atoms with Gasteiger partial charge in [-0.2, -0.15) is 13.2 Å². The fourth-order valence-electron chi connectivity index (χ4n) is 2.46. The monoisotopic (exact) mass is 354 g/mol. The molecule has 0 spiro atoms. The van der Waals surface area contributed by atoms with Crippen LogP contribution in [0.4, 0.5) is 23.7 Å². The smallest absolute Gasteiger partial charge is 0.321 e. The number of rotatable bonds is 5. The predicted octanol–water partition coefficient (Wildman–Crippen LogP) is 5.01. The molecule has 3 nitrogen and oxygen atoms in total. The van der Waals surface area contributed by atoms with Gasteiger partial charge in [0.05, 0.1) is 5.56 Å². The van der Waals surface area contributed by atoms with Gasteiger partial charge in [-0.3, -0.25) is 0 Å². The molecule has 0 unspecified atom stereocenters. The van der Waals surface area contributed by atoms with E-state index in [4.69, 9.17) is 0 Å². The number of carbonyl (C=O) groups is 1. The van der Waals surface area contributed by atoms with Gasteiger partial charge >= 0.3 is 12.2 Å². The summed E-state index contributed by atoms with van der Waals surface area (Å²) >= 11 is 1.65. The maximum absolute atomic E-state index is 12.6. The molecular weight excluding hydrogens is 337 g/mol. The third-order valence-corrected chi connectivity index (χ3v) is 4.83. The van der Waals surface area contributed by atoms with Crippen molar-refractivity contribution in [1.82, 2.24) is 4.90 Å². The number of hydrogen-bond donors (Lipinski definition) is 1. The van der Waals surface area contributed by atoms with Crippen molar-refractivity contribution in [1.29, 1.82) is 0 Å². The highest BCUT2D eigenvalue weighted by molar-refractivity contribution is 7.09. The van der Waals surface area contributed by atoms with Gasteiger partial charge in [0.2, 0.25) is 0 Å². The quantitative estimate of drug-likeness (QED) is 0.805. The Morgan fingerprint density at radius 1 is 1.21 bits per heavy atom. The molecule has 0 saturated heterocycles. The van der Waals surface area contributed by atoms with Gasteiger partial charge in [-0.25, -0.2) is 4.79 Å². The zero-order valence-electron chi connectivity index (χ0n) is 12.8. The summed E-state index contributed by atoms with van der Waals surface area (Å²) in [5.74, 6) is 0. The number of benzene rings is 1. The molecule has 1 fully saturated rings. The van der Waals surface area contributed by atoms with Crippen LogP contribution in [0.5, 0.6) is 0 Å². The number of nitrogens with zero attached hydrogens (tertiary/aromatic N) is 1. The van der Waals surface area contributed by atoms with Crippen LogP contribution in [0.15, 0.2) is 41.8 Å². The molecule has 1 aromatic heterocycles. The molecule has 1 heterocycles. The van der Waals surface area contributed by atoms with Gasteiger partial charge in [-0.15, -0.1) is 11.3 Å². The molecule has 2 amide bonds. The Hall–Kier alpha value is -2.02. The summed E-state index contributed by atoms with van der Waals surface area (Å²) < 4.78 is 37.7. The van der Waals surface area contributed by atoms with E-state index in [-0.39, 0.29) is 12.1 Å². The van der Waals surface area contributed by atoms with E-state index in [0.29, 0.717) is 12.2 Å². The first-order valence-corrected chi connectivity index (χ1v) is 8.59. The van der Waals surface area contributed by atoms with Crippen molar-refractivity contribution in [3.05, 3.63) is 52.2 Å². The molecule has 0 radical (unpaired) electrons. The normalized spacial score (nSPS) is 14.5. The van der Waals surface area contributed by atoms with Crippen LogP contribution in [0.25, 0.3) is 0 Å². The van der Waals surface area contributed by atoms with Crippen molar-refractivity contribution in [3.8, 4) is 0 Å². The number of urea groups is 1. The number of halogens is 3. The molecule has 7 heteroatoms. The predicted molar refractivity (Wildman–Crippen MR) is 88.2 cm³/mol. The average molecular weight is 354 g/mol. The molecule has 0 aliphatic heterocycles. The topological polar surface area (TPSA) is 32.3 Å². The van der Waals surface area contributed by atoms with Crippen LogP contribution in [0.2, 0.25) is 0 Å². The van der Waals surface area contributed by atoms with Crippen molar-refractivity contribution in [3.63, 3.8) is 0 Å². The number of thiophene rings is 1. The molecule has 0 atom stereocenters. The van der Waals surface area contributed by atoms with Crippen LogP contribution < -0.4 is 5.32 Å². The molecule has 24 heavy (non-hydrogen) atoms. The maximum Gasteiger partial charge on any atom is 0.416 e. The largest absolute Gasteiger partial charge is 0.416 e. The van der Waals surface area contributed by atoms with Crippen LogP contribution >= 0.6 is 11.3 Å². The van der Waals surface area contributed by atoms with Gasteiger partial charge in [0.25, 0.3) is 0 Å². The molecule has 1 N–H and O–H groups in total. The number of alkyl halides is 3. The Kier molecular flexibility index (Phi) is 4.80. The number of nitrogens with one attached hydrogen (secondary N) is 1. The minimum absolute atomic E-state index is 0.236. The van der Waals surface area contributed by atoms with E-state index in [1.807, 2.05) is 17.5 Å². The fraction of sp³-hybridized carbons (Fsp3) is 0.353. The van der Waals surface area contributed by atoms with E-state index in [2.05, 4.69) is 5.32 Å². The van der Waals surface area contributed by atoms with Gasteiger partial charge in [0.15, 0.2) is 0 Å². The van der Waals surface area contributed by atoms with Gasteiger partial charge in [-0.1, -0.05) is 6.07 Å². The number of hydrogen-bond acceptors (Lipinski definition) is 2. The van der Waals surface area contributed by atoms with Crippen LogP contribution in [0.3, 0.4) is 0 Å². The van der Waals surface area contributed by atoms with Crippen LogP contribution in [-0.4, -0.2) is 23.5 Å². The van der Waals surface area contributed by atoms with Gasteiger partial charge < -0.3 is 10.2 Å². The van der Waals surface area contributed by atoms with Crippen molar-refractivity contribution in [2.24, 2.45) is 0 Å². The van der Waals surface area contributed by atoms with E-state index >= 15 is 0 Å². The molecule has 1 saturated carbocycles. The van der Waals surface area contributed by atoms with E-state index in [1.165, 1.54) is 17.0 Å². The van der Waals surface area contributed by atoms with Crippen molar-refractivity contribution in [2.45, 2.75) is 31.5 Å². The summed E-state index contributed by atoms with van der Waals surface area (Å²) in [5, 5.41) is 4.69. The third kappa shape index (κ3) is 4.29. The van der Waals surface area contributed by atoms with E-state index in [0.717, 1.165) is 31.4 Å². The lowest BCUT2D eigenvalue weighted by Gasteiger charge is -2.22. The Bertz CT molecular complexity index is 679. The molecule has 1 aliphatic carbocycles. The van der Waals surface area contributed by atoms with Crippen LogP contribution in [0, 0.1) is 0 Å². The lowest BCUT2D eigenvalue weighted by atomic mass is 10.2. The Morgan fingerprint density at radius 3 is 2.46 bits per heavy atom. The van der Waals surface area contributed by atoms with Gasteiger partial charge in [-0.05, 0) is 55.0 Å². The first-order chi connectivity index (χ1) is 11.4. The number of anilines is 1. The number of carbonyl (C=O) groups excluding carboxylic acids is 1. The second kappa shape index (κ2) is 6.84. The lowest BCUT2D eigenvalue weighted by molar-refractivity contribution is -0.137. The van der Waals surface area contributed by atoms with E-state index < -0.39 is 11.7 Å². The summed E-state index contributed by atoms with van der Waals surface area (Å²) in [4.78, 5) is 15.4. The highest BCUT2D eigenvalue weighted by Crippen LogP contribution is 2.31. The lowest BCUT2D eigenvalue weighted by Crippen LogP contribution is -2.38. The summed E-state index contributed by atoms with van der Waals surface area (Å²) in [6.07, 6.45) is -1.63. The summed E-state index contributed by atoms with van der Waals surface area (Å²) in [5.41, 5.74) is -0.355. The first kappa shape index (κ1) is 16.8. The highest BCUT2D eigenvalue weighted by atomic mass is 32.1. The summed E-state index contributed by atoms with van der Waals surface area (Å²) in [6, 6.07) is 8.50. The SMILES string of the molecule is O=C(Nc1ccc(C(F)(F)F)cc1)N(CCc1cccs1)C1CC1. The Labute approximate surface area is 142 Å². The Morgan fingerprint density at radius 2 is 1.92 bits per heavy atom. The molecular formula is C17H17F3N2OS. The zero-order chi connectivity index (χ0) is 17.2. The minimum Gasteiger partial charge on any atom is -0.321 e. The first-order valence-electron chi connectivity index (χ1n) is 7.71. The van der Waals surface area contributed by atoms with Crippen LogP contribution in [-0.2, 0) is 12.6 Å². The summed E-state index contributed by atoms with van der Waals surface area (Å²) in [7, 11) is 0. The molecule has 1 aliphatic rings. The highest BCUT2D eigenvalue weighted by Gasteiger charge is 2.33. The summed E-state index contributed by atoms with van der Waals surface area (Å²) in [6.45, 7) is 0.609. The van der Waals surface area contributed by atoms with Gasteiger partial charge in [0, 0.05) is 23.2 Å². The standard InChI is InChI=1S/C17H17F3N2OS/c18-17(19,20)12-3-5-13(6-4-12)21-16(23)22(14-7-8-14)10-9-15-2-1-11-24-15/h1-6,11,14H,7-10H2,(H,21,23). The van der Waals surface area contributed by atoms with Crippen LogP contribution in [0.1, 0.15) is 23.3 Å². The average Bonchev–Trinajstić information content (AvgIpc) is 3.22. The number of amides is 2. The molecule has 128 valence electrons. The molecule has 0 bridgehead atoms. The molecule has 1 aromatic carbocycles. The zero-order valence-corrected chi connectivity index (χ0v) is 13.7. The minimum atomic E-state index is -4.37. The maximum atomic E-state index is 12.6. The Balaban J connectivity index is 1.61. The van der Waals surface area contributed by atoms with E-state index in [1.54, 1.807) is 16.2 Å². The molecule has 3 rings (SSSR count). The van der Waals surface area contributed by atoms with Gasteiger partial charge in [0.1, 0.15) is 0 Å². The second-order valence-corrected chi connectivity index (χ2v) is 6.79. The fourth-order valence-corrected chi connectivity index (χ4v) is 3.16. The van der Waals surface area contributed by atoms with Crippen molar-refractivity contribution >= 4 is 23.1 Å². The van der Waals surface area contributed by atoms with Crippen molar-refractivity contribution in [2.75, 3.05) is 11.9 Å².